The standard InChI is InChI=1S/C37H52O12Si/c1-10-50(11-2,12-3)49-24-18-25-36(19-45-25,48-22(6)39)29-32(47-33(43)23-16-14-13-15-17-23)37(44)31(46-21(5)38)27(40)20(4)26(34(37,7)8)28(41)30(42)35(24,29)9/h13-17,24-25,27-29,31-32,40-41,44H,10-12,18-19H2,1-9H3/t24-,25+,27+,28+,29-,31-,32-,35+,36-,37+/m0/s1. The van der Waals surface area contributed by atoms with Crippen LogP contribution in [0.1, 0.15) is 79.1 Å². The zero-order valence-corrected chi connectivity index (χ0v) is 31.5. The molecule has 3 fully saturated rings. The van der Waals surface area contributed by atoms with Crippen LogP contribution in [0, 0.1) is 16.7 Å². The minimum absolute atomic E-state index is 0.0126. The van der Waals surface area contributed by atoms with Crippen molar-refractivity contribution in [1.82, 2.24) is 0 Å². The first-order valence-corrected chi connectivity index (χ1v) is 20.1. The van der Waals surface area contributed by atoms with Crippen molar-refractivity contribution in [3.63, 3.8) is 0 Å². The van der Waals surface area contributed by atoms with E-state index in [-0.39, 0.29) is 29.7 Å². The van der Waals surface area contributed by atoms with Crippen molar-refractivity contribution in [3.8, 4) is 0 Å². The molecule has 0 radical (unpaired) electrons. The number of Topliss-reactive ketones (excluding diaryl/α,β-unsaturated/α-hetero) is 1. The predicted molar refractivity (Wildman–Crippen MR) is 182 cm³/mol. The third-order valence-electron chi connectivity index (χ3n) is 12.6. The number of benzene rings is 1. The molecule has 2 saturated carbocycles. The van der Waals surface area contributed by atoms with E-state index in [9.17, 15) is 29.7 Å². The van der Waals surface area contributed by atoms with Crippen molar-refractivity contribution in [3.05, 3.63) is 47.0 Å². The van der Waals surface area contributed by atoms with E-state index >= 15 is 4.79 Å². The Morgan fingerprint density at radius 2 is 1.54 bits per heavy atom. The van der Waals surface area contributed by atoms with Crippen LogP contribution in [0.5, 0.6) is 0 Å². The van der Waals surface area contributed by atoms with Crippen molar-refractivity contribution in [1.29, 1.82) is 0 Å². The lowest BCUT2D eigenvalue weighted by molar-refractivity contribution is -0.351. The van der Waals surface area contributed by atoms with E-state index in [1.165, 1.54) is 26.0 Å². The first kappa shape index (κ1) is 38.3. The number of aliphatic hydroxyl groups is 3. The van der Waals surface area contributed by atoms with Crippen molar-refractivity contribution in [2.45, 2.75) is 135 Å². The number of ether oxygens (including phenoxy) is 4. The summed E-state index contributed by atoms with van der Waals surface area (Å²) in [6.45, 7) is 14.5. The van der Waals surface area contributed by atoms with Crippen LogP contribution in [0.2, 0.25) is 18.1 Å². The summed E-state index contributed by atoms with van der Waals surface area (Å²) in [5.74, 6) is -4.53. The first-order valence-electron chi connectivity index (χ1n) is 17.6. The fourth-order valence-corrected chi connectivity index (χ4v) is 12.5. The molecule has 2 bridgehead atoms. The molecule has 1 aromatic carbocycles. The zero-order valence-electron chi connectivity index (χ0n) is 30.5. The number of aliphatic hydroxyl groups excluding tert-OH is 2. The number of rotatable bonds is 9. The third kappa shape index (κ3) is 5.42. The van der Waals surface area contributed by atoms with Gasteiger partial charge in [0.05, 0.1) is 29.6 Å². The van der Waals surface area contributed by atoms with Gasteiger partial charge in [-0.15, -0.1) is 0 Å². The molecule has 276 valence electrons. The molecule has 0 unspecified atom stereocenters. The molecule has 1 saturated heterocycles. The normalized spacial score (nSPS) is 37.7. The molecular formula is C37H52O12Si. The number of carbonyl (C=O) groups excluding carboxylic acids is 4. The Morgan fingerprint density at radius 3 is 2.04 bits per heavy atom. The maximum absolute atomic E-state index is 15.3. The van der Waals surface area contributed by atoms with E-state index in [0.29, 0.717) is 0 Å². The molecule has 3 N–H and O–H groups in total. The number of esters is 3. The lowest BCUT2D eigenvalue weighted by Gasteiger charge is -2.68. The van der Waals surface area contributed by atoms with Gasteiger partial charge >= 0.3 is 17.9 Å². The number of ketones is 1. The SMILES string of the molecule is CC[Si](CC)(CC)O[C@H]1C[C@H]2OC[C@@]2(OC(C)=O)[C@H]2[C@H](OC(=O)c3ccccc3)[C@]3(O)[C@@H](OC(C)=O)[C@H](O)C(C)=C([C@@H](O)C(=O)[C@]12C)C3(C)C. The Bertz CT molecular complexity index is 1550. The van der Waals surface area contributed by atoms with Crippen molar-refractivity contribution in [2.24, 2.45) is 16.7 Å². The van der Waals surface area contributed by atoms with Crippen LogP contribution < -0.4 is 0 Å². The Labute approximate surface area is 294 Å². The molecule has 0 aromatic heterocycles. The fourth-order valence-electron chi connectivity index (χ4n) is 9.55. The molecule has 1 heterocycles. The van der Waals surface area contributed by atoms with E-state index in [1.54, 1.807) is 39.0 Å². The van der Waals surface area contributed by atoms with Crippen LogP contribution in [0.25, 0.3) is 0 Å². The summed E-state index contributed by atoms with van der Waals surface area (Å²) in [5, 5.41) is 37.5. The monoisotopic (exact) mass is 716 g/mol. The molecular weight excluding hydrogens is 664 g/mol. The summed E-state index contributed by atoms with van der Waals surface area (Å²) in [6.07, 6.45) is -8.81. The van der Waals surface area contributed by atoms with Gasteiger partial charge in [-0.05, 0) is 55.3 Å². The van der Waals surface area contributed by atoms with Crippen LogP contribution in [-0.4, -0.2) is 102 Å². The minimum Gasteiger partial charge on any atom is -0.456 e. The molecule has 13 heteroatoms. The highest BCUT2D eigenvalue weighted by atomic mass is 28.4. The number of carbonyl (C=O) groups is 4. The molecule has 50 heavy (non-hydrogen) atoms. The van der Waals surface area contributed by atoms with Crippen LogP contribution in [0.4, 0.5) is 0 Å². The topological polar surface area (TPSA) is 175 Å². The van der Waals surface area contributed by atoms with Crippen molar-refractivity contribution >= 4 is 32.0 Å². The Hall–Kier alpha value is -2.94. The maximum Gasteiger partial charge on any atom is 0.338 e. The summed E-state index contributed by atoms with van der Waals surface area (Å²) in [5.41, 5.74) is -7.38. The summed E-state index contributed by atoms with van der Waals surface area (Å²) in [7, 11) is -2.52. The molecule has 0 amide bonds. The van der Waals surface area contributed by atoms with Gasteiger partial charge in [0.15, 0.2) is 31.4 Å². The van der Waals surface area contributed by atoms with Gasteiger partial charge in [0, 0.05) is 25.7 Å². The second kappa shape index (κ2) is 13.2. The largest absolute Gasteiger partial charge is 0.456 e. The van der Waals surface area contributed by atoms with E-state index in [4.69, 9.17) is 23.4 Å². The zero-order chi connectivity index (χ0) is 37.2. The summed E-state index contributed by atoms with van der Waals surface area (Å²) >= 11 is 0. The van der Waals surface area contributed by atoms with Gasteiger partial charge in [0.2, 0.25) is 0 Å². The molecule has 10 atom stereocenters. The fraction of sp³-hybridized carbons (Fsp3) is 0.676. The maximum atomic E-state index is 15.3. The Balaban J connectivity index is 1.91. The summed E-state index contributed by atoms with van der Waals surface area (Å²) < 4.78 is 31.5. The second-order valence-electron chi connectivity index (χ2n) is 15.2. The highest BCUT2D eigenvalue weighted by Gasteiger charge is 2.80. The Kier molecular flexibility index (Phi) is 10.1. The van der Waals surface area contributed by atoms with Crippen LogP contribution in [0.15, 0.2) is 41.5 Å². The van der Waals surface area contributed by atoms with E-state index in [0.717, 1.165) is 25.1 Å². The minimum atomic E-state index is -2.52. The average Bonchev–Trinajstić information content (AvgIpc) is 3.06. The molecule has 12 nitrogen and oxygen atoms in total. The second-order valence-corrected chi connectivity index (χ2v) is 19.9. The molecule has 1 aliphatic heterocycles. The Morgan fingerprint density at radius 1 is 0.940 bits per heavy atom. The summed E-state index contributed by atoms with van der Waals surface area (Å²) in [6, 6.07) is 10.2. The van der Waals surface area contributed by atoms with E-state index in [2.05, 4.69) is 0 Å². The van der Waals surface area contributed by atoms with Gasteiger partial charge in [-0.2, -0.15) is 0 Å². The van der Waals surface area contributed by atoms with Crippen LogP contribution >= 0.6 is 0 Å². The van der Waals surface area contributed by atoms with Gasteiger partial charge in [0.25, 0.3) is 0 Å². The molecule has 0 spiro atoms. The molecule has 1 aromatic rings. The third-order valence-corrected chi connectivity index (χ3v) is 17.2. The van der Waals surface area contributed by atoms with E-state index < -0.39 is 96.6 Å². The first-order chi connectivity index (χ1) is 23.3. The predicted octanol–water partition coefficient (Wildman–Crippen LogP) is 3.65. The number of hydrogen-bond donors (Lipinski definition) is 3. The lowest BCUT2D eigenvalue weighted by atomic mass is 9.44. The highest BCUT2D eigenvalue weighted by Crippen LogP contribution is 2.65. The van der Waals surface area contributed by atoms with Crippen molar-refractivity contribution < 1.29 is 57.9 Å². The molecule has 3 aliphatic carbocycles. The van der Waals surface area contributed by atoms with Crippen LogP contribution in [-0.2, 0) is 37.8 Å². The number of hydrogen-bond acceptors (Lipinski definition) is 12. The van der Waals surface area contributed by atoms with Gasteiger partial charge in [-0.1, -0.05) is 52.8 Å². The smallest absolute Gasteiger partial charge is 0.338 e. The van der Waals surface area contributed by atoms with Crippen LogP contribution in [0.3, 0.4) is 0 Å². The quantitative estimate of drug-likeness (QED) is 0.147. The van der Waals surface area contributed by atoms with Gasteiger partial charge in [-0.25, -0.2) is 4.79 Å². The average molecular weight is 717 g/mol. The summed E-state index contributed by atoms with van der Waals surface area (Å²) in [4.78, 5) is 55.2. The van der Waals surface area contributed by atoms with Gasteiger partial charge < -0.3 is 38.7 Å². The molecule has 5 rings (SSSR count). The van der Waals surface area contributed by atoms with Crippen molar-refractivity contribution in [2.75, 3.05) is 6.61 Å². The van der Waals surface area contributed by atoms with Gasteiger partial charge in [-0.3, -0.25) is 14.4 Å². The van der Waals surface area contributed by atoms with Gasteiger partial charge in [0.1, 0.15) is 24.4 Å². The number of fused-ring (bicyclic) bond motifs is 5. The van der Waals surface area contributed by atoms with E-state index in [1.807, 2.05) is 20.8 Å². The lowest BCUT2D eigenvalue weighted by Crippen LogP contribution is -2.84. The highest BCUT2D eigenvalue weighted by molar-refractivity contribution is 6.73. The molecule has 4 aliphatic rings.